The van der Waals surface area contributed by atoms with E-state index in [0.717, 1.165) is 43.4 Å². The minimum Gasteiger partial charge on any atom is -0.477 e. The zero-order chi connectivity index (χ0) is 15.6. The van der Waals surface area contributed by atoms with Crippen molar-refractivity contribution in [2.75, 3.05) is 31.1 Å². The summed E-state index contributed by atoms with van der Waals surface area (Å²) in [5.74, 6) is -0.662. The quantitative estimate of drug-likeness (QED) is 0.906. The Hall–Kier alpha value is -1.14. The minimum absolute atomic E-state index is 0.190. The summed E-state index contributed by atoms with van der Waals surface area (Å²) in [5, 5.41) is 10.3. The molecule has 0 aromatic carbocycles. The number of carboxylic acid groups (broad SMARTS) is 1. The lowest BCUT2D eigenvalue weighted by molar-refractivity contribution is 0.0700. The van der Waals surface area contributed by atoms with Crippen molar-refractivity contribution in [2.24, 2.45) is 0 Å². The monoisotopic (exact) mass is 311 g/mol. The molecule has 1 aromatic heterocycles. The number of nitrogens with zero attached hydrogens (tertiary/aromatic N) is 3. The number of carbonyl (C=O) groups is 1. The van der Waals surface area contributed by atoms with Crippen LogP contribution in [-0.4, -0.2) is 53.2 Å². The lowest BCUT2D eigenvalue weighted by atomic mass is 10.0. The number of carboxylic acids is 1. The minimum atomic E-state index is -0.853. The maximum absolute atomic E-state index is 11.4. The van der Waals surface area contributed by atoms with E-state index in [2.05, 4.69) is 35.6 Å². The van der Waals surface area contributed by atoms with Gasteiger partial charge in [0.15, 0.2) is 5.13 Å². The number of thiazole rings is 1. The molecule has 1 aliphatic rings. The summed E-state index contributed by atoms with van der Waals surface area (Å²) in [4.78, 5) is 21.2. The molecule has 1 fully saturated rings. The van der Waals surface area contributed by atoms with Crippen LogP contribution >= 0.6 is 11.3 Å². The van der Waals surface area contributed by atoms with Crippen LogP contribution in [0.2, 0.25) is 0 Å². The summed E-state index contributed by atoms with van der Waals surface area (Å²) >= 11 is 1.33. The molecule has 2 rings (SSSR count). The van der Waals surface area contributed by atoms with Crippen LogP contribution in [0, 0.1) is 0 Å². The van der Waals surface area contributed by atoms with Crippen LogP contribution in [0.4, 0.5) is 5.13 Å². The Kier molecular flexibility index (Phi) is 5.22. The average Bonchev–Trinajstić information content (AvgIpc) is 2.91. The first-order chi connectivity index (χ1) is 9.97. The molecule has 2 heterocycles. The molecule has 21 heavy (non-hydrogen) atoms. The Morgan fingerprint density at radius 3 is 2.71 bits per heavy atom. The molecule has 1 aliphatic heterocycles. The smallest absolute Gasteiger partial charge is 0.347 e. The molecule has 5 nitrogen and oxygen atoms in total. The van der Waals surface area contributed by atoms with Gasteiger partial charge in [0.1, 0.15) is 4.88 Å². The molecule has 0 spiro atoms. The van der Waals surface area contributed by atoms with E-state index in [0.29, 0.717) is 10.9 Å². The van der Waals surface area contributed by atoms with Crippen molar-refractivity contribution in [1.82, 2.24) is 9.88 Å². The summed E-state index contributed by atoms with van der Waals surface area (Å²) in [6.07, 6.45) is 0.906. The van der Waals surface area contributed by atoms with Gasteiger partial charge in [0.2, 0.25) is 0 Å². The Labute approximate surface area is 130 Å². The van der Waals surface area contributed by atoms with Crippen molar-refractivity contribution < 1.29 is 9.90 Å². The van der Waals surface area contributed by atoms with Gasteiger partial charge < -0.3 is 10.0 Å². The second kappa shape index (κ2) is 6.75. The summed E-state index contributed by atoms with van der Waals surface area (Å²) in [6.45, 7) is 12.4. The van der Waals surface area contributed by atoms with E-state index >= 15 is 0 Å². The molecule has 1 N–H and O–H groups in total. The third kappa shape index (κ3) is 3.37. The van der Waals surface area contributed by atoms with Crippen molar-refractivity contribution in [3.63, 3.8) is 0 Å². The molecule has 0 aliphatic carbocycles. The van der Waals surface area contributed by atoms with Crippen LogP contribution in [0.25, 0.3) is 0 Å². The second-order valence-corrected chi connectivity index (χ2v) is 6.73. The molecule has 2 atom stereocenters. The van der Waals surface area contributed by atoms with Crippen molar-refractivity contribution in [3.05, 3.63) is 10.6 Å². The largest absolute Gasteiger partial charge is 0.477 e. The Balaban J connectivity index is 2.23. The Morgan fingerprint density at radius 1 is 1.48 bits per heavy atom. The van der Waals surface area contributed by atoms with Crippen molar-refractivity contribution in [1.29, 1.82) is 0 Å². The number of hydrogen-bond acceptors (Lipinski definition) is 5. The molecular formula is C15H25N3O2S. The fourth-order valence-corrected chi connectivity index (χ4v) is 3.83. The fraction of sp³-hybridized carbons (Fsp3) is 0.733. The van der Waals surface area contributed by atoms with E-state index in [1.807, 2.05) is 6.92 Å². The van der Waals surface area contributed by atoms with Crippen molar-refractivity contribution in [2.45, 2.75) is 46.1 Å². The molecule has 1 saturated heterocycles. The van der Waals surface area contributed by atoms with Gasteiger partial charge in [0, 0.05) is 25.7 Å². The number of aromatic nitrogens is 1. The van der Waals surface area contributed by atoms with E-state index in [4.69, 9.17) is 0 Å². The highest BCUT2D eigenvalue weighted by Crippen LogP contribution is 2.33. The topological polar surface area (TPSA) is 56.7 Å². The number of rotatable bonds is 5. The molecule has 0 saturated carbocycles. The molecule has 0 amide bonds. The third-order valence-electron chi connectivity index (χ3n) is 4.36. The lowest BCUT2D eigenvalue weighted by Crippen LogP contribution is -2.51. The van der Waals surface area contributed by atoms with Crippen LogP contribution in [0.5, 0.6) is 0 Å². The van der Waals surface area contributed by atoms with Gasteiger partial charge in [-0.3, -0.25) is 4.90 Å². The highest BCUT2D eigenvalue weighted by atomic mass is 32.1. The molecule has 0 bridgehead atoms. The molecule has 1 aromatic rings. The number of aromatic carboxylic acids is 1. The van der Waals surface area contributed by atoms with Gasteiger partial charge in [-0.2, -0.15) is 0 Å². The average molecular weight is 311 g/mol. The molecular weight excluding hydrogens is 286 g/mol. The van der Waals surface area contributed by atoms with Gasteiger partial charge in [0.05, 0.1) is 5.69 Å². The first-order valence-corrected chi connectivity index (χ1v) is 8.52. The van der Waals surface area contributed by atoms with E-state index in [9.17, 15) is 9.90 Å². The van der Waals surface area contributed by atoms with Crippen LogP contribution in [0.15, 0.2) is 0 Å². The van der Waals surface area contributed by atoms with E-state index in [1.165, 1.54) is 11.3 Å². The van der Waals surface area contributed by atoms with Gasteiger partial charge >= 0.3 is 5.97 Å². The maximum Gasteiger partial charge on any atom is 0.347 e. The van der Waals surface area contributed by atoms with Crippen molar-refractivity contribution in [3.8, 4) is 0 Å². The zero-order valence-corrected chi connectivity index (χ0v) is 14.1. The Morgan fingerprint density at radius 2 is 2.19 bits per heavy atom. The lowest BCUT2D eigenvalue weighted by Gasteiger charge is -2.39. The summed E-state index contributed by atoms with van der Waals surface area (Å²) in [7, 11) is 0. The number of piperazine rings is 1. The molecule has 118 valence electrons. The maximum atomic E-state index is 11.4. The van der Waals surface area contributed by atoms with Gasteiger partial charge in [-0.25, -0.2) is 9.78 Å². The van der Waals surface area contributed by atoms with Gasteiger partial charge in [-0.05, 0) is 25.8 Å². The van der Waals surface area contributed by atoms with E-state index in [-0.39, 0.29) is 5.92 Å². The van der Waals surface area contributed by atoms with Gasteiger partial charge in [-0.15, -0.1) is 0 Å². The van der Waals surface area contributed by atoms with Crippen LogP contribution in [0.1, 0.15) is 55.4 Å². The third-order valence-corrected chi connectivity index (χ3v) is 5.48. The predicted octanol–water partition coefficient (Wildman–Crippen LogP) is 2.89. The summed E-state index contributed by atoms with van der Waals surface area (Å²) in [6, 6.07) is 0.480. The molecule has 6 heteroatoms. The number of hydrogen-bond donors (Lipinski definition) is 1. The van der Waals surface area contributed by atoms with Gasteiger partial charge in [0.25, 0.3) is 0 Å². The Bertz CT molecular complexity index is 503. The van der Waals surface area contributed by atoms with E-state index < -0.39 is 5.97 Å². The van der Waals surface area contributed by atoms with Crippen LogP contribution in [0.3, 0.4) is 0 Å². The number of likely N-dealkylation sites (N-methyl/N-ethyl adjacent to an activating group) is 1. The molecule has 0 radical (unpaired) electrons. The first kappa shape index (κ1) is 16.2. The van der Waals surface area contributed by atoms with Crippen LogP contribution in [-0.2, 0) is 0 Å². The molecule has 2 unspecified atom stereocenters. The standard InChI is InChI=1S/C15H25N3O2S/c1-5-10(3)12-13(14(19)20)21-15(16-12)18-8-7-17(6-2)11(4)9-18/h10-11H,5-9H2,1-4H3,(H,19,20). The fourth-order valence-electron chi connectivity index (χ4n) is 2.77. The summed E-state index contributed by atoms with van der Waals surface area (Å²) < 4.78 is 0. The first-order valence-electron chi connectivity index (χ1n) is 7.70. The summed E-state index contributed by atoms with van der Waals surface area (Å²) in [5.41, 5.74) is 0.746. The highest BCUT2D eigenvalue weighted by molar-refractivity contribution is 7.17. The predicted molar refractivity (Wildman–Crippen MR) is 86.7 cm³/mol. The van der Waals surface area contributed by atoms with Crippen molar-refractivity contribution >= 4 is 22.4 Å². The number of anilines is 1. The SMILES string of the molecule is CCC(C)c1nc(N2CCN(CC)C(C)C2)sc1C(=O)O. The zero-order valence-electron chi connectivity index (χ0n) is 13.3. The normalized spacial score (nSPS) is 21.5. The van der Waals surface area contributed by atoms with Gasteiger partial charge in [-0.1, -0.05) is 32.1 Å². The second-order valence-electron chi connectivity index (χ2n) is 5.75. The highest BCUT2D eigenvalue weighted by Gasteiger charge is 2.27. The van der Waals surface area contributed by atoms with E-state index in [1.54, 1.807) is 0 Å². The van der Waals surface area contributed by atoms with Crippen LogP contribution < -0.4 is 4.90 Å².